The zero-order valence-electron chi connectivity index (χ0n) is 11.1. The van der Waals surface area contributed by atoms with E-state index in [-0.39, 0.29) is 11.7 Å². The van der Waals surface area contributed by atoms with Gasteiger partial charge in [-0.2, -0.15) is 0 Å². The predicted octanol–water partition coefficient (Wildman–Crippen LogP) is 1.47. The number of unbranched alkanes of at least 4 members (excludes halogenated alkanes) is 1. The lowest BCUT2D eigenvalue weighted by atomic mass is 10.3. The van der Waals surface area contributed by atoms with E-state index in [1.165, 1.54) is 29.9 Å². The SMILES string of the molecule is CCCC[NH+](C)CCC(=O)Nc1ccc(F)cc1. The fraction of sp³-hybridized carbons (Fsp3) is 0.500. The first-order valence-corrected chi connectivity index (χ1v) is 6.48. The van der Waals surface area contributed by atoms with E-state index in [1.807, 2.05) is 0 Å². The molecule has 1 rings (SSSR count). The first kappa shape index (κ1) is 14.6. The van der Waals surface area contributed by atoms with Gasteiger partial charge in [0, 0.05) is 5.69 Å². The van der Waals surface area contributed by atoms with E-state index in [2.05, 4.69) is 19.3 Å². The molecule has 0 aliphatic heterocycles. The maximum Gasteiger partial charge on any atom is 0.230 e. The van der Waals surface area contributed by atoms with Crippen molar-refractivity contribution < 1.29 is 14.1 Å². The predicted molar refractivity (Wildman–Crippen MR) is 71.2 cm³/mol. The largest absolute Gasteiger partial charge is 0.337 e. The number of quaternary nitrogens is 1. The summed E-state index contributed by atoms with van der Waals surface area (Å²) in [6.07, 6.45) is 2.86. The number of nitrogens with one attached hydrogen (secondary N) is 2. The van der Waals surface area contributed by atoms with Gasteiger partial charge in [0.25, 0.3) is 0 Å². The van der Waals surface area contributed by atoms with Crippen LogP contribution in [0, 0.1) is 5.82 Å². The maximum atomic E-state index is 12.7. The lowest BCUT2D eigenvalue weighted by Crippen LogP contribution is -3.09. The molecule has 0 fully saturated rings. The summed E-state index contributed by atoms with van der Waals surface area (Å²) < 4.78 is 12.7. The molecule has 100 valence electrons. The highest BCUT2D eigenvalue weighted by atomic mass is 19.1. The van der Waals surface area contributed by atoms with Crippen LogP contribution in [0.15, 0.2) is 24.3 Å². The number of benzene rings is 1. The summed E-state index contributed by atoms with van der Waals surface area (Å²) >= 11 is 0. The van der Waals surface area contributed by atoms with Gasteiger partial charge in [-0.15, -0.1) is 0 Å². The van der Waals surface area contributed by atoms with E-state index in [1.54, 1.807) is 12.1 Å². The van der Waals surface area contributed by atoms with Crippen molar-refractivity contribution in [2.24, 2.45) is 0 Å². The second kappa shape index (κ2) is 7.82. The van der Waals surface area contributed by atoms with Crippen molar-refractivity contribution in [2.75, 3.05) is 25.5 Å². The molecule has 3 nitrogen and oxygen atoms in total. The van der Waals surface area contributed by atoms with Crippen molar-refractivity contribution >= 4 is 11.6 Å². The van der Waals surface area contributed by atoms with Crippen LogP contribution in [-0.2, 0) is 4.79 Å². The molecule has 0 saturated carbocycles. The van der Waals surface area contributed by atoms with Crippen LogP contribution in [0.5, 0.6) is 0 Å². The van der Waals surface area contributed by atoms with E-state index in [9.17, 15) is 9.18 Å². The molecule has 4 heteroatoms. The third-order valence-electron chi connectivity index (χ3n) is 2.86. The number of rotatable bonds is 7. The Morgan fingerprint density at radius 1 is 1.28 bits per heavy atom. The molecule has 0 spiro atoms. The lowest BCUT2D eigenvalue weighted by Gasteiger charge is -2.13. The van der Waals surface area contributed by atoms with Crippen LogP contribution >= 0.6 is 0 Å². The van der Waals surface area contributed by atoms with Crippen LogP contribution in [0.3, 0.4) is 0 Å². The van der Waals surface area contributed by atoms with Crippen molar-refractivity contribution in [2.45, 2.75) is 26.2 Å². The maximum absolute atomic E-state index is 12.7. The van der Waals surface area contributed by atoms with Crippen molar-refractivity contribution in [1.82, 2.24) is 0 Å². The number of carbonyl (C=O) groups is 1. The van der Waals surface area contributed by atoms with Gasteiger partial charge in [-0.05, 0) is 30.7 Å². The molecule has 1 amide bonds. The van der Waals surface area contributed by atoms with Gasteiger partial charge >= 0.3 is 0 Å². The average molecular weight is 253 g/mol. The molecule has 0 aromatic heterocycles. The molecule has 18 heavy (non-hydrogen) atoms. The molecule has 0 saturated heterocycles. The number of anilines is 1. The van der Waals surface area contributed by atoms with Crippen LogP contribution in [0.1, 0.15) is 26.2 Å². The molecule has 1 unspecified atom stereocenters. The van der Waals surface area contributed by atoms with E-state index in [0.29, 0.717) is 12.1 Å². The van der Waals surface area contributed by atoms with E-state index in [4.69, 9.17) is 0 Å². The van der Waals surface area contributed by atoms with Crippen LogP contribution in [0.25, 0.3) is 0 Å². The number of amides is 1. The van der Waals surface area contributed by atoms with Crippen molar-refractivity contribution in [3.05, 3.63) is 30.1 Å². The Bertz CT molecular complexity index is 365. The van der Waals surface area contributed by atoms with Gasteiger partial charge < -0.3 is 10.2 Å². The third kappa shape index (κ3) is 5.77. The smallest absolute Gasteiger partial charge is 0.230 e. The number of halogens is 1. The highest BCUT2D eigenvalue weighted by Gasteiger charge is 2.07. The molecule has 2 N–H and O–H groups in total. The third-order valence-corrected chi connectivity index (χ3v) is 2.86. The molecular weight excluding hydrogens is 231 g/mol. The molecule has 0 radical (unpaired) electrons. The number of carbonyl (C=O) groups excluding carboxylic acids is 1. The summed E-state index contributed by atoms with van der Waals surface area (Å²) in [7, 11) is 2.10. The zero-order valence-corrected chi connectivity index (χ0v) is 11.1. The minimum Gasteiger partial charge on any atom is -0.337 e. The lowest BCUT2D eigenvalue weighted by molar-refractivity contribution is -0.879. The minimum atomic E-state index is -0.295. The molecule has 1 atom stereocenters. The quantitative estimate of drug-likeness (QED) is 0.758. The Labute approximate surface area is 108 Å². The van der Waals surface area contributed by atoms with E-state index >= 15 is 0 Å². The second-order valence-corrected chi connectivity index (χ2v) is 4.62. The van der Waals surface area contributed by atoms with Gasteiger partial charge in [0.05, 0.1) is 26.6 Å². The molecule has 1 aromatic carbocycles. The Morgan fingerprint density at radius 2 is 1.94 bits per heavy atom. The van der Waals surface area contributed by atoms with Gasteiger partial charge in [-0.3, -0.25) is 4.79 Å². The summed E-state index contributed by atoms with van der Waals surface area (Å²) in [5.41, 5.74) is 0.646. The normalized spacial score (nSPS) is 12.2. The summed E-state index contributed by atoms with van der Waals surface area (Å²) in [5.74, 6) is -0.311. The molecule has 0 heterocycles. The monoisotopic (exact) mass is 253 g/mol. The van der Waals surface area contributed by atoms with Gasteiger partial charge in [-0.25, -0.2) is 4.39 Å². The van der Waals surface area contributed by atoms with Gasteiger partial charge in [0.2, 0.25) is 5.91 Å². The Kier molecular flexibility index (Phi) is 6.36. The Morgan fingerprint density at radius 3 is 2.56 bits per heavy atom. The topological polar surface area (TPSA) is 33.5 Å². The van der Waals surface area contributed by atoms with E-state index < -0.39 is 0 Å². The van der Waals surface area contributed by atoms with E-state index in [0.717, 1.165) is 13.1 Å². The summed E-state index contributed by atoms with van der Waals surface area (Å²) in [6.45, 7) is 4.09. The van der Waals surface area contributed by atoms with Crippen molar-refractivity contribution in [1.29, 1.82) is 0 Å². The van der Waals surface area contributed by atoms with Crippen LogP contribution in [-0.4, -0.2) is 26.0 Å². The fourth-order valence-corrected chi connectivity index (χ4v) is 1.69. The zero-order chi connectivity index (χ0) is 13.4. The average Bonchev–Trinajstić information content (AvgIpc) is 2.36. The molecule has 0 bridgehead atoms. The van der Waals surface area contributed by atoms with Crippen LogP contribution in [0.2, 0.25) is 0 Å². The van der Waals surface area contributed by atoms with Crippen LogP contribution in [0.4, 0.5) is 10.1 Å². The summed E-state index contributed by atoms with van der Waals surface area (Å²) in [6, 6.07) is 5.82. The summed E-state index contributed by atoms with van der Waals surface area (Å²) in [4.78, 5) is 13.0. The summed E-state index contributed by atoms with van der Waals surface area (Å²) in [5, 5.41) is 2.76. The Hall–Kier alpha value is -1.42. The first-order chi connectivity index (χ1) is 8.61. The molecule has 0 aliphatic carbocycles. The van der Waals surface area contributed by atoms with Crippen molar-refractivity contribution in [3.63, 3.8) is 0 Å². The number of hydrogen-bond acceptors (Lipinski definition) is 1. The number of hydrogen-bond donors (Lipinski definition) is 2. The van der Waals surface area contributed by atoms with Gasteiger partial charge in [0.1, 0.15) is 5.82 Å². The molecule has 0 aliphatic rings. The van der Waals surface area contributed by atoms with Crippen molar-refractivity contribution in [3.8, 4) is 0 Å². The molecule has 1 aromatic rings. The van der Waals surface area contributed by atoms with Gasteiger partial charge in [0.15, 0.2) is 0 Å². The highest BCUT2D eigenvalue weighted by Crippen LogP contribution is 2.08. The first-order valence-electron chi connectivity index (χ1n) is 6.48. The van der Waals surface area contributed by atoms with Gasteiger partial charge in [-0.1, -0.05) is 13.3 Å². The fourth-order valence-electron chi connectivity index (χ4n) is 1.69. The Balaban J connectivity index is 2.27. The minimum absolute atomic E-state index is 0.0162. The molecular formula is C14H22FN2O+. The van der Waals surface area contributed by atoms with Crippen LogP contribution < -0.4 is 10.2 Å². The standard InChI is InChI=1S/C14H21FN2O/c1-3-4-10-17(2)11-9-14(18)16-13-7-5-12(15)6-8-13/h5-8H,3-4,9-11H2,1-2H3,(H,16,18)/p+1. The highest BCUT2D eigenvalue weighted by molar-refractivity contribution is 5.90. The second-order valence-electron chi connectivity index (χ2n) is 4.62.